The number of hydrogen-bond donors (Lipinski definition) is 4. The fourth-order valence-electron chi connectivity index (χ4n) is 3.50. The lowest BCUT2D eigenvalue weighted by atomic mass is 10.2. The molecule has 4 rings (SSSR count). The number of aromatic nitrogens is 2. The van der Waals surface area contributed by atoms with E-state index >= 15 is 0 Å². The molecule has 8 nitrogen and oxygen atoms in total. The maximum absolute atomic E-state index is 13.0. The van der Waals surface area contributed by atoms with Crippen LogP contribution in [0.3, 0.4) is 0 Å². The molecule has 2 aromatic rings. The van der Waals surface area contributed by atoms with Gasteiger partial charge in [-0.1, -0.05) is 0 Å². The molecule has 4 N–H and O–H groups in total. The average Bonchev–Trinajstić information content (AvgIpc) is 3.33. The van der Waals surface area contributed by atoms with Gasteiger partial charge >= 0.3 is 6.18 Å². The van der Waals surface area contributed by atoms with Gasteiger partial charge in [0.25, 0.3) is 5.91 Å². The molecule has 2 aliphatic rings. The molecule has 0 saturated carbocycles. The second-order valence-electron chi connectivity index (χ2n) is 7.27. The van der Waals surface area contributed by atoms with Crippen LogP contribution in [-0.2, 0) is 4.79 Å². The first kappa shape index (κ1) is 20.2. The Balaban J connectivity index is 1.46. The molecular formula is C19H22F3N7O. The van der Waals surface area contributed by atoms with Crippen LogP contribution >= 0.6 is 0 Å². The van der Waals surface area contributed by atoms with Crippen molar-refractivity contribution in [2.45, 2.75) is 31.3 Å². The van der Waals surface area contributed by atoms with E-state index in [-0.39, 0.29) is 5.91 Å². The van der Waals surface area contributed by atoms with Crippen molar-refractivity contribution in [3.8, 4) is 0 Å². The van der Waals surface area contributed by atoms with Gasteiger partial charge in [0.15, 0.2) is 0 Å². The van der Waals surface area contributed by atoms with Crippen molar-refractivity contribution in [1.82, 2.24) is 25.7 Å². The number of alkyl halides is 3. The summed E-state index contributed by atoms with van der Waals surface area (Å²) in [5, 5.41) is 16.7. The number of fused-ring (bicyclic) bond motifs is 1. The second kappa shape index (κ2) is 7.98. The third-order valence-corrected chi connectivity index (χ3v) is 5.08. The molecule has 0 radical (unpaired) electrons. The van der Waals surface area contributed by atoms with Crippen molar-refractivity contribution in [3.63, 3.8) is 0 Å². The summed E-state index contributed by atoms with van der Waals surface area (Å²) in [4.78, 5) is 17.6. The number of halogens is 3. The number of aromatic amines is 1. The topological polar surface area (TPSA) is 97.4 Å². The Labute approximate surface area is 170 Å². The van der Waals surface area contributed by atoms with Crippen LogP contribution in [0.15, 0.2) is 41.2 Å². The SMILES string of the molecule is O=C1CCCN1CCCNC1(Nc2ccc3[nH]ncc3c2)N=CC(C(F)(F)F)=CN1. The van der Waals surface area contributed by atoms with E-state index in [0.29, 0.717) is 31.6 Å². The molecule has 160 valence electrons. The third-order valence-electron chi connectivity index (χ3n) is 5.08. The van der Waals surface area contributed by atoms with Gasteiger partial charge in [0.1, 0.15) is 0 Å². The quantitative estimate of drug-likeness (QED) is 0.406. The van der Waals surface area contributed by atoms with Crippen LogP contribution in [0.1, 0.15) is 19.3 Å². The first-order valence-corrected chi connectivity index (χ1v) is 9.69. The van der Waals surface area contributed by atoms with E-state index in [0.717, 1.165) is 36.3 Å². The number of aliphatic imine (C=N–C) groups is 1. The molecule has 1 saturated heterocycles. The lowest BCUT2D eigenvalue weighted by molar-refractivity contribution is -0.127. The van der Waals surface area contributed by atoms with Crippen LogP contribution in [0, 0.1) is 0 Å². The van der Waals surface area contributed by atoms with Crippen molar-refractivity contribution >= 4 is 28.7 Å². The fourth-order valence-corrected chi connectivity index (χ4v) is 3.50. The van der Waals surface area contributed by atoms with Crippen LogP contribution in [0.25, 0.3) is 10.9 Å². The highest BCUT2D eigenvalue weighted by atomic mass is 19.4. The predicted octanol–water partition coefficient (Wildman–Crippen LogP) is 2.31. The molecule has 1 aromatic carbocycles. The summed E-state index contributed by atoms with van der Waals surface area (Å²) in [7, 11) is 0. The summed E-state index contributed by atoms with van der Waals surface area (Å²) in [5.74, 6) is -1.20. The second-order valence-corrected chi connectivity index (χ2v) is 7.27. The third kappa shape index (κ3) is 4.40. The first-order chi connectivity index (χ1) is 14.3. The zero-order valence-corrected chi connectivity index (χ0v) is 16.1. The molecule has 0 bridgehead atoms. The number of carbonyl (C=O) groups excluding carboxylic acids is 1. The number of anilines is 1. The Hall–Kier alpha value is -3.08. The Kier molecular flexibility index (Phi) is 5.37. The molecule has 1 fully saturated rings. The summed E-state index contributed by atoms with van der Waals surface area (Å²) in [6, 6.07) is 5.43. The van der Waals surface area contributed by atoms with Crippen molar-refractivity contribution in [2.24, 2.45) is 4.99 Å². The van der Waals surface area contributed by atoms with E-state index in [1.807, 2.05) is 12.1 Å². The maximum Gasteiger partial charge on any atom is 0.419 e. The lowest BCUT2D eigenvalue weighted by Crippen LogP contribution is -2.61. The zero-order chi connectivity index (χ0) is 21.2. The Morgan fingerprint density at radius 1 is 1.30 bits per heavy atom. The first-order valence-electron chi connectivity index (χ1n) is 9.69. The van der Waals surface area contributed by atoms with Crippen molar-refractivity contribution in [3.05, 3.63) is 36.2 Å². The van der Waals surface area contributed by atoms with Gasteiger partial charge in [-0.05, 0) is 31.0 Å². The van der Waals surface area contributed by atoms with Crippen LogP contribution in [0.4, 0.5) is 18.9 Å². The maximum atomic E-state index is 13.0. The Morgan fingerprint density at radius 3 is 2.87 bits per heavy atom. The van der Waals surface area contributed by atoms with Crippen LogP contribution in [0.2, 0.25) is 0 Å². The number of benzene rings is 1. The smallest absolute Gasteiger partial charge is 0.343 e. The summed E-state index contributed by atoms with van der Waals surface area (Å²) in [5.41, 5.74) is 0.631. The van der Waals surface area contributed by atoms with E-state index in [1.165, 1.54) is 0 Å². The number of nitrogens with zero attached hydrogens (tertiary/aromatic N) is 3. The number of amides is 1. The van der Waals surface area contributed by atoms with Crippen molar-refractivity contribution in [2.75, 3.05) is 25.0 Å². The summed E-state index contributed by atoms with van der Waals surface area (Å²) >= 11 is 0. The monoisotopic (exact) mass is 421 g/mol. The van der Waals surface area contributed by atoms with Gasteiger partial charge in [-0.3, -0.25) is 15.2 Å². The molecular weight excluding hydrogens is 399 g/mol. The largest absolute Gasteiger partial charge is 0.419 e. The van der Waals surface area contributed by atoms with Gasteiger partial charge < -0.3 is 15.5 Å². The van der Waals surface area contributed by atoms with E-state index in [1.54, 1.807) is 17.2 Å². The van der Waals surface area contributed by atoms with Gasteiger partial charge in [-0.15, -0.1) is 0 Å². The van der Waals surface area contributed by atoms with Gasteiger partial charge in [0.2, 0.25) is 5.91 Å². The number of hydrogen-bond acceptors (Lipinski definition) is 6. The number of allylic oxidation sites excluding steroid dienone is 1. The van der Waals surface area contributed by atoms with Crippen LogP contribution < -0.4 is 16.0 Å². The normalized spacial score (nSPS) is 21.8. The highest BCUT2D eigenvalue weighted by Gasteiger charge is 2.38. The molecule has 1 amide bonds. The molecule has 0 aliphatic carbocycles. The minimum absolute atomic E-state index is 0.141. The highest BCUT2D eigenvalue weighted by Crippen LogP contribution is 2.27. The van der Waals surface area contributed by atoms with Crippen LogP contribution in [-0.4, -0.2) is 58.9 Å². The average molecular weight is 421 g/mol. The number of likely N-dealkylation sites (tertiary alicyclic amines) is 1. The molecule has 11 heteroatoms. The molecule has 0 spiro atoms. The van der Waals surface area contributed by atoms with E-state index in [2.05, 4.69) is 31.1 Å². The van der Waals surface area contributed by atoms with E-state index in [4.69, 9.17) is 0 Å². The molecule has 1 aromatic heterocycles. The van der Waals surface area contributed by atoms with E-state index < -0.39 is 17.7 Å². The Morgan fingerprint density at radius 2 is 2.17 bits per heavy atom. The lowest BCUT2D eigenvalue weighted by Gasteiger charge is -2.35. The predicted molar refractivity (Wildman–Crippen MR) is 107 cm³/mol. The van der Waals surface area contributed by atoms with Crippen molar-refractivity contribution < 1.29 is 18.0 Å². The minimum atomic E-state index is -4.49. The highest BCUT2D eigenvalue weighted by molar-refractivity contribution is 5.83. The van der Waals surface area contributed by atoms with Gasteiger partial charge in [-0.2, -0.15) is 18.3 Å². The molecule has 30 heavy (non-hydrogen) atoms. The van der Waals surface area contributed by atoms with E-state index in [9.17, 15) is 18.0 Å². The summed E-state index contributed by atoms with van der Waals surface area (Å²) in [6.07, 6.45) is 0.950. The molecule has 2 aliphatic heterocycles. The summed E-state index contributed by atoms with van der Waals surface area (Å²) < 4.78 is 39.0. The minimum Gasteiger partial charge on any atom is -0.343 e. The fraction of sp³-hybridized carbons (Fsp3) is 0.421. The molecule has 1 atom stereocenters. The van der Waals surface area contributed by atoms with Gasteiger partial charge in [-0.25, -0.2) is 4.99 Å². The molecule has 3 heterocycles. The Bertz CT molecular complexity index is 984. The standard InChI is InChI=1S/C19H22F3N7O/c20-18(21,22)14-11-24-19(25-12-14,23-6-2-8-29-7-1-3-17(29)30)27-15-4-5-16-13(9-15)10-26-28-16/h4-5,9-12,23-24,27H,1-3,6-8H2,(H,26,28). The number of nitrogens with one attached hydrogen (secondary N) is 4. The number of rotatable bonds is 7. The van der Waals surface area contributed by atoms with Gasteiger partial charge in [0.05, 0.1) is 17.3 Å². The number of carbonyl (C=O) groups is 1. The van der Waals surface area contributed by atoms with Gasteiger partial charge in [0, 0.05) is 49.5 Å². The van der Waals surface area contributed by atoms with Crippen LogP contribution in [0.5, 0.6) is 0 Å². The summed E-state index contributed by atoms with van der Waals surface area (Å²) in [6.45, 7) is 1.78. The zero-order valence-electron chi connectivity index (χ0n) is 16.1. The van der Waals surface area contributed by atoms with Crippen molar-refractivity contribution in [1.29, 1.82) is 0 Å². The molecule has 1 unspecified atom stereocenters. The number of H-pyrrole nitrogens is 1.